The highest BCUT2D eigenvalue weighted by Crippen LogP contribution is 2.38. The Morgan fingerprint density at radius 3 is 2.46 bits per heavy atom. The molecule has 0 spiro atoms. The number of rotatable bonds is 4. The van der Waals surface area contributed by atoms with Gasteiger partial charge in [-0.1, -0.05) is 37.3 Å². The van der Waals surface area contributed by atoms with Crippen molar-refractivity contribution < 1.29 is 27.9 Å². The lowest BCUT2D eigenvalue weighted by molar-refractivity contribution is -0.165. The Bertz CT molecular complexity index is 588. The van der Waals surface area contributed by atoms with Gasteiger partial charge in [0.1, 0.15) is 6.04 Å². The highest BCUT2D eigenvalue weighted by molar-refractivity contribution is 5.84. The first-order valence-corrected chi connectivity index (χ1v) is 7.84. The summed E-state index contributed by atoms with van der Waals surface area (Å²) in [6.07, 6.45) is -4.48. The Labute approximate surface area is 138 Å². The van der Waals surface area contributed by atoms with Gasteiger partial charge in [0.2, 0.25) is 5.91 Å². The predicted octanol–water partition coefficient (Wildman–Crippen LogP) is 3.43. The van der Waals surface area contributed by atoms with Crippen LogP contribution in [0.3, 0.4) is 0 Å². The van der Waals surface area contributed by atoms with E-state index in [1.807, 2.05) is 6.92 Å². The molecule has 3 unspecified atom stereocenters. The van der Waals surface area contributed by atoms with Gasteiger partial charge in [-0.2, -0.15) is 13.2 Å². The quantitative estimate of drug-likeness (QED) is 0.911. The van der Waals surface area contributed by atoms with E-state index in [1.54, 1.807) is 6.07 Å². The van der Waals surface area contributed by atoms with Crippen molar-refractivity contribution in [1.29, 1.82) is 0 Å². The highest BCUT2D eigenvalue weighted by Gasteiger charge is 2.44. The van der Waals surface area contributed by atoms with E-state index in [2.05, 4.69) is 0 Å². The molecule has 1 aliphatic rings. The number of piperidine rings is 1. The van der Waals surface area contributed by atoms with Crippen molar-refractivity contribution >= 4 is 11.9 Å². The number of carbonyl (C=O) groups excluding carboxylic acids is 1. The van der Waals surface area contributed by atoms with Gasteiger partial charge < -0.3 is 10.0 Å². The first kappa shape index (κ1) is 18.3. The zero-order valence-electron chi connectivity index (χ0n) is 13.3. The number of halogens is 3. The molecule has 1 heterocycles. The van der Waals surface area contributed by atoms with E-state index in [0.29, 0.717) is 6.42 Å². The average Bonchev–Trinajstić information content (AvgIpc) is 2.52. The minimum absolute atomic E-state index is 0.00982. The number of carbonyl (C=O) groups is 2. The molecule has 1 fully saturated rings. The van der Waals surface area contributed by atoms with Crippen molar-refractivity contribution in [3.63, 3.8) is 0 Å². The number of amides is 1. The van der Waals surface area contributed by atoms with Gasteiger partial charge in [-0.05, 0) is 24.3 Å². The van der Waals surface area contributed by atoms with Gasteiger partial charge >= 0.3 is 12.1 Å². The molecule has 1 aromatic carbocycles. The Morgan fingerprint density at radius 1 is 1.29 bits per heavy atom. The van der Waals surface area contributed by atoms with Crippen LogP contribution in [0.4, 0.5) is 13.2 Å². The average molecular weight is 343 g/mol. The van der Waals surface area contributed by atoms with Crippen LogP contribution in [0.15, 0.2) is 30.3 Å². The van der Waals surface area contributed by atoms with Crippen LogP contribution in [0.1, 0.15) is 37.7 Å². The van der Waals surface area contributed by atoms with Crippen molar-refractivity contribution in [2.24, 2.45) is 5.92 Å². The van der Waals surface area contributed by atoms with Gasteiger partial charge in [-0.3, -0.25) is 4.79 Å². The van der Waals surface area contributed by atoms with Crippen LogP contribution in [0, 0.1) is 5.92 Å². The first-order valence-electron chi connectivity index (χ1n) is 7.84. The number of carboxylic acids is 1. The standard InChI is InChI=1S/C17H20F3NO3/c1-11-7-8-21(14(9-11)16(23)24)15(22)10-13(17(18,19)20)12-5-3-2-4-6-12/h2-6,11,13-14H,7-10H2,1H3,(H,23,24). The maximum atomic E-state index is 13.4. The summed E-state index contributed by atoms with van der Waals surface area (Å²) in [6, 6.07) is 6.19. The molecule has 7 heteroatoms. The largest absolute Gasteiger partial charge is 0.480 e. The molecular formula is C17H20F3NO3. The molecule has 0 saturated carbocycles. The van der Waals surface area contributed by atoms with Gasteiger partial charge in [0.15, 0.2) is 0 Å². The molecule has 1 N–H and O–H groups in total. The fourth-order valence-electron chi connectivity index (χ4n) is 3.07. The van der Waals surface area contributed by atoms with Gasteiger partial charge in [-0.25, -0.2) is 4.79 Å². The van der Waals surface area contributed by atoms with Crippen molar-refractivity contribution in [3.8, 4) is 0 Å². The summed E-state index contributed by atoms with van der Waals surface area (Å²) in [6.45, 7) is 2.05. The molecule has 1 saturated heterocycles. The second-order valence-electron chi connectivity index (χ2n) is 6.28. The number of aliphatic carboxylic acids is 1. The minimum atomic E-state index is -4.57. The molecule has 4 nitrogen and oxygen atoms in total. The molecule has 1 aliphatic heterocycles. The van der Waals surface area contributed by atoms with Crippen LogP contribution in [0.25, 0.3) is 0 Å². The molecule has 0 bridgehead atoms. The van der Waals surface area contributed by atoms with E-state index < -0.39 is 36.4 Å². The van der Waals surface area contributed by atoms with E-state index in [-0.39, 0.29) is 24.4 Å². The topological polar surface area (TPSA) is 57.6 Å². The molecular weight excluding hydrogens is 323 g/mol. The number of carboxylic acid groups (broad SMARTS) is 1. The van der Waals surface area contributed by atoms with Crippen LogP contribution in [-0.4, -0.2) is 40.6 Å². The fourth-order valence-corrected chi connectivity index (χ4v) is 3.07. The van der Waals surface area contributed by atoms with Crippen molar-refractivity contribution in [1.82, 2.24) is 4.90 Å². The summed E-state index contributed by atoms with van der Waals surface area (Å²) >= 11 is 0. The van der Waals surface area contributed by atoms with Crippen molar-refractivity contribution in [3.05, 3.63) is 35.9 Å². The molecule has 0 aliphatic carbocycles. The molecule has 1 aromatic rings. The lowest BCUT2D eigenvalue weighted by atomic mass is 9.90. The van der Waals surface area contributed by atoms with Gasteiger partial charge in [-0.15, -0.1) is 0 Å². The summed E-state index contributed by atoms with van der Waals surface area (Å²) in [5.74, 6) is -3.73. The third-order valence-corrected chi connectivity index (χ3v) is 4.45. The number of hydrogen-bond acceptors (Lipinski definition) is 2. The smallest absolute Gasteiger partial charge is 0.396 e. The Kier molecular flexibility index (Phi) is 5.51. The Hall–Kier alpha value is -2.05. The summed E-state index contributed by atoms with van der Waals surface area (Å²) in [4.78, 5) is 24.9. The SMILES string of the molecule is CC1CCN(C(=O)CC(c2ccccc2)C(F)(F)F)C(C(=O)O)C1. The van der Waals surface area contributed by atoms with Crippen LogP contribution in [-0.2, 0) is 9.59 Å². The molecule has 1 amide bonds. The van der Waals surface area contributed by atoms with E-state index >= 15 is 0 Å². The maximum absolute atomic E-state index is 13.4. The third-order valence-electron chi connectivity index (χ3n) is 4.45. The van der Waals surface area contributed by atoms with E-state index in [0.717, 1.165) is 4.90 Å². The fraction of sp³-hybridized carbons (Fsp3) is 0.529. The molecule has 2 rings (SSSR count). The lowest BCUT2D eigenvalue weighted by Crippen LogP contribution is -2.50. The van der Waals surface area contributed by atoms with Gasteiger partial charge in [0.25, 0.3) is 0 Å². The molecule has 24 heavy (non-hydrogen) atoms. The number of benzene rings is 1. The number of hydrogen-bond donors (Lipinski definition) is 1. The monoisotopic (exact) mass is 343 g/mol. The number of alkyl halides is 3. The summed E-state index contributed by atoms with van der Waals surface area (Å²) in [5.41, 5.74) is 0.00982. The molecule has 3 atom stereocenters. The molecule has 132 valence electrons. The normalized spacial score (nSPS) is 22.9. The van der Waals surface area contributed by atoms with Gasteiger partial charge in [0.05, 0.1) is 5.92 Å². The van der Waals surface area contributed by atoms with Crippen molar-refractivity contribution in [2.75, 3.05) is 6.54 Å². The van der Waals surface area contributed by atoms with Crippen LogP contribution in [0.5, 0.6) is 0 Å². The zero-order valence-corrected chi connectivity index (χ0v) is 13.3. The van der Waals surface area contributed by atoms with Crippen molar-refractivity contribution in [2.45, 2.75) is 44.3 Å². The van der Waals surface area contributed by atoms with Crippen LogP contribution >= 0.6 is 0 Å². The number of nitrogens with zero attached hydrogens (tertiary/aromatic N) is 1. The van der Waals surface area contributed by atoms with E-state index in [9.17, 15) is 27.9 Å². The summed E-state index contributed by atoms with van der Waals surface area (Å²) in [7, 11) is 0. The first-order chi connectivity index (χ1) is 11.2. The second kappa shape index (κ2) is 7.23. The minimum Gasteiger partial charge on any atom is -0.480 e. The molecule has 0 radical (unpaired) electrons. The third kappa shape index (κ3) is 4.27. The summed E-state index contributed by atoms with van der Waals surface area (Å²) in [5, 5.41) is 9.27. The lowest BCUT2D eigenvalue weighted by Gasteiger charge is -2.37. The zero-order chi connectivity index (χ0) is 17.9. The van der Waals surface area contributed by atoms with E-state index in [1.165, 1.54) is 24.3 Å². The predicted molar refractivity (Wildman–Crippen MR) is 81.4 cm³/mol. The molecule has 0 aromatic heterocycles. The summed E-state index contributed by atoms with van der Waals surface area (Å²) < 4.78 is 40.1. The maximum Gasteiger partial charge on any atom is 0.396 e. The highest BCUT2D eigenvalue weighted by atomic mass is 19.4. The van der Waals surface area contributed by atoms with Crippen LogP contribution in [0.2, 0.25) is 0 Å². The Morgan fingerprint density at radius 2 is 1.92 bits per heavy atom. The van der Waals surface area contributed by atoms with Crippen LogP contribution < -0.4 is 0 Å². The van der Waals surface area contributed by atoms with Gasteiger partial charge in [0, 0.05) is 13.0 Å². The second-order valence-corrected chi connectivity index (χ2v) is 6.28. The number of likely N-dealkylation sites (tertiary alicyclic amines) is 1. The van der Waals surface area contributed by atoms with E-state index in [4.69, 9.17) is 0 Å². The Balaban J connectivity index is 2.19.